The normalized spacial score (nSPS) is 21.9. The fraction of sp³-hybridized carbons (Fsp3) is 0.400. The monoisotopic (exact) mass is 437 g/mol. The van der Waals surface area contributed by atoms with E-state index in [1.807, 2.05) is 0 Å². The summed E-state index contributed by atoms with van der Waals surface area (Å²) < 4.78 is 45.8. The maximum atomic E-state index is 13.0. The van der Waals surface area contributed by atoms with Crippen LogP contribution >= 0.6 is 0 Å². The molecule has 0 unspecified atom stereocenters. The minimum Gasteiger partial charge on any atom is -0.394 e. The molecule has 3 atom stereocenters. The molecule has 0 bridgehead atoms. The summed E-state index contributed by atoms with van der Waals surface area (Å²) in [5.41, 5.74) is 0.423. The zero-order valence-corrected chi connectivity index (χ0v) is 17.0. The van der Waals surface area contributed by atoms with Crippen LogP contribution in [0.2, 0.25) is 0 Å². The predicted octanol–water partition coefficient (Wildman–Crippen LogP) is 1.23. The van der Waals surface area contributed by atoms with Crippen molar-refractivity contribution in [1.82, 2.24) is 15.0 Å². The van der Waals surface area contributed by atoms with E-state index in [-0.39, 0.29) is 36.1 Å². The number of sulfonamides is 1. The van der Waals surface area contributed by atoms with Crippen molar-refractivity contribution in [2.45, 2.75) is 42.4 Å². The van der Waals surface area contributed by atoms with Crippen LogP contribution in [0.25, 0.3) is 0 Å². The molecule has 0 aliphatic carbocycles. The third-order valence-electron chi connectivity index (χ3n) is 4.92. The molecule has 10 heteroatoms. The summed E-state index contributed by atoms with van der Waals surface area (Å²) in [6.45, 7) is -0.134. The number of aliphatic hydroxyl groups excluding tert-OH is 1. The second-order valence-corrected chi connectivity index (χ2v) is 8.79. The Morgan fingerprint density at radius 2 is 2.00 bits per heavy atom. The maximum Gasteiger partial charge on any atom is 0.253 e. The summed E-state index contributed by atoms with van der Waals surface area (Å²) in [5.74, 6) is -0.801. The molecule has 1 amide bonds. The van der Waals surface area contributed by atoms with Crippen molar-refractivity contribution < 1.29 is 27.4 Å². The first-order valence-electron chi connectivity index (χ1n) is 9.61. The molecule has 2 aromatic rings. The van der Waals surface area contributed by atoms with E-state index in [1.54, 1.807) is 18.3 Å². The number of aliphatic hydroxyl groups is 1. The van der Waals surface area contributed by atoms with E-state index < -0.39 is 21.9 Å². The zero-order chi connectivity index (χ0) is 21.6. The first kappa shape index (κ1) is 22.3. The van der Waals surface area contributed by atoms with Crippen molar-refractivity contribution >= 4 is 15.9 Å². The highest BCUT2D eigenvalue weighted by atomic mass is 32.2. The molecule has 1 aliphatic rings. The van der Waals surface area contributed by atoms with Crippen molar-refractivity contribution in [3.05, 3.63) is 60.2 Å². The number of amides is 1. The Labute approximate surface area is 174 Å². The molecule has 0 spiro atoms. The molecule has 0 radical (unpaired) electrons. The number of hydrogen-bond donors (Lipinski definition) is 3. The fourth-order valence-corrected chi connectivity index (χ4v) is 4.36. The predicted molar refractivity (Wildman–Crippen MR) is 107 cm³/mol. The van der Waals surface area contributed by atoms with Crippen molar-refractivity contribution in [3.63, 3.8) is 0 Å². The highest BCUT2D eigenvalue weighted by Gasteiger charge is 2.32. The lowest BCUT2D eigenvalue weighted by molar-refractivity contribution is -0.0891. The summed E-state index contributed by atoms with van der Waals surface area (Å²) in [4.78, 5) is 16.2. The molecule has 1 aromatic carbocycles. The van der Waals surface area contributed by atoms with Crippen molar-refractivity contribution in [1.29, 1.82) is 0 Å². The number of ether oxygens (including phenoxy) is 1. The summed E-state index contributed by atoms with van der Waals surface area (Å²) in [6, 6.07) is 7.54. The van der Waals surface area contributed by atoms with E-state index in [1.165, 1.54) is 18.3 Å². The summed E-state index contributed by atoms with van der Waals surface area (Å²) in [7, 11) is -3.74. The molecule has 1 aromatic heterocycles. The molecule has 1 saturated heterocycles. The van der Waals surface area contributed by atoms with Gasteiger partial charge in [-0.2, -0.15) is 0 Å². The number of halogens is 1. The first-order valence-corrected chi connectivity index (χ1v) is 11.1. The number of pyridine rings is 1. The van der Waals surface area contributed by atoms with Gasteiger partial charge in [0.05, 0.1) is 29.2 Å². The highest BCUT2D eigenvalue weighted by molar-refractivity contribution is 7.89. The van der Waals surface area contributed by atoms with Crippen LogP contribution in [0, 0.1) is 5.82 Å². The van der Waals surface area contributed by atoms with Gasteiger partial charge in [0.15, 0.2) is 0 Å². The van der Waals surface area contributed by atoms with Gasteiger partial charge in [-0.1, -0.05) is 0 Å². The van der Waals surface area contributed by atoms with E-state index in [9.17, 15) is 22.7 Å². The Bertz CT molecular complexity index is 941. The van der Waals surface area contributed by atoms with E-state index in [2.05, 4.69) is 15.0 Å². The third kappa shape index (κ3) is 5.82. The molecule has 1 fully saturated rings. The van der Waals surface area contributed by atoms with Gasteiger partial charge in [-0.3, -0.25) is 9.78 Å². The smallest absolute Gasteiger partial charge is 0.253 e. The SMILES string of the molecule is O=C(N[C@H]1CC[C@H](CCNS(=O)(=O)c2ccc(F)cc2)O[C@H]1CO)c1cccnc1. The van der Waals surface area contributed by atoms with Crippen LogP contribution in [0.1, 0.15) is 29.6 Å². The largest absolute Gasteiger partial charge is 0.394 e. The number of nitrogens with zero attached hydrogens (tertiary/aromatic N) is 1. The Morgan fingerprint density at radius 1 is 1.23 bits per heavy atom. The van der Waals surface area contributed by atoms with E-state index in [0.717, 1.165) is 12.1 Å². The van der Waals surface area contributed by atoms with Crippen LogP contribution < -0.4 is 10.0 Å². The lowest BCUT2D eigenvalue weighted by atomic mass is 9.97. The van der Waals surface area contributed by atoms with Gasteiger partial charge in [0.25, 0.3) is 5.91 Å². The summed E-state index contributed by atoms with van der Waals surface area (Å²) in [5, 5.41) is 12.5. The summed E-state index contributed by atoms with van der Waals surface area (Å²) >= 11 is 0. The first-order chi connectivity index (χ1) is 14.4. The molecular weight excluding hydrogens is 413 g/mol. The minimum atomic E-state index is -3.74. The van der Waals surface area contributed by atoms with Gasteiger partial charge in [-0.25, -0.2) is 17.5 Å². The molecule has 0 saturated carbocycles. The Balaban J connectivity index is 1.49. The van der Waals surface area contributed by atoms with Crippen LogP contribution in [0.3, 0.4) is 0 Å². The molecular formula is C20H24FN3O5S. The molecule has 30 heavy (non-hydrogen) atoms. The van der Waals surface area contributed by atoms with E-state index in [0.29, 0.717) is 24.8 Å². The average molecular weight is 437 g/mol. The fourth-order valence-electron chi connectivity index (χ4n) is 3.31. The Kier molecular flexibility index (Phi) is 7.48. The van der Waals surface area contributed by atoms with Gasteiger partial charge >= 0.3 is 0 Å². The van der Waals surface area contributed by atoms with Crippen molar-refractivity contribution in [2.75, 3.05) is 13.2 Å². The van der Waals surface area contributed by atoms with Gasteiger partial charge < -0.3 is 15.2 Å². The maximum absolute atomic E-state index is 13.0. The molecule has 8 nitrogen and oxygen atoms in total. The zero-order valence-electron chi connectivity index (χ0n) is 16.2. The second-order valence-electron chi connectivity index (χ2n) is 7.02. The van der Waals surface area contributed by atoms with E-state index in [4.69, 9.17) is 4.74 Å². The van der Waals surface area contributed by atoms with Gasteiger partial charge in [-0.05, 0) is 55.7 Å². The molecule has 1 aliphatic heterocycles. The van der Waals surface area contributed by atoms with Crippen molar-refractivity contribution in [3.8, 4) is 0 Å². The average Bonchev–Trinajstić information content (AvgIpc) is 2.75. The number of benzene rings is 1. The van der Waals surface area contributed by atoms with Crippen LogP contribution in [0.5, 0.6) is 0 Å². The number of hydrogen-bond acceptors (Lipinski definition) is 6. The number of rotatable bonds is 8. The van der Waals surface area contributed by atoms with Gasteiger partial charge in [-0.15, -0.1) is 0 Å². The van der Waals surface area contributed by atoms with Crippen LogP contribution in [0.15, 0.2) is 53.7 Å². The number of carbonyl (C=O) groups excluding carboxylic acids is 1. The lowest BCUT2D eigenvalue weighted by Crippen LogP contribution is -2.51. The molecule has 3 N–H and O–H groups in total. The number of nitrogens with one attached hydrogen (secondary N) is 2. The molecule has 2 heterocycles. The summed E-state index contributed by atoms with van der Waals surface area (Å²) in [6.07, 6.45) is 3.79. The number of carbonyl (C=O) groups is 1. The lowest BCUT2D eigenvalue weighted by Gasteiger charge is -2.36. The Hall–Kier alpha value is -2.40. The Morgan fingerprint density at radius 3 is 2.67 bits per heavy atom. The quantitative estimate of drug-likeness (QED) is 0.572. The minimum absolute atomic E-state index is 0.0140. The standard InChI is InChI=1S/C20H24FN3O5S/c21-15-3-6-17(7-4-15)30(27,28)23-11-9-16-5-8-18(19(13-25)29-16)24-20(26)14-2-1-10-22-12-14/h1-4,6-7,10,12,16,18-19,23,25H,5,8-9,11,13H2,(H,24,26)/t16-,18+,19+/m1/s1. The molecule has 162 valence electrons. The second kappa shape index (κ2) is 10.1. The van der Waals surface area contributed by atoms with Crippen LogP contribution in [-0.2, 0) is 14.8 Å². The van der Waals surface area contributed by atoms with Gasteiger partial charge in [0.2, 0.25) is 10.0 Å². The molecule has 3 rings (SSSR count). The van der Waals surface area contributed by atoms with Gasteiger partial charge in [0, 0.05) is 18.9 Å². The van der Waals surface area contributed by atoms with Crippen molar-refractivity contribution in [2.24, 2.45) is 0 Å². The van der Waals surface area contributed by atoms with Gasteiger partial charge in [0.1, 0.15) is 11.9 Å². The third-order valence-corrected chi connectivity index (χ3v) is 6.40. The van der Waals surface area contributed by atoms with Crippen LogP contribution in [-0.4, -0.2) is 55.8 Å². The van der Waals surface area contributed by atoms with Crippen LogP contribution in [0.4, 0.5) is 4.39 Å². The highest BCUT2D eigenvalue weighted by Crippen LogP contribution is 2.22. The topological polar surface area (TPSA) is 118 Å². The number of aromatic nitrogens is 1. The van der Waals surface area contributed by atoms with E-state index >= 15 is 0 Å².